The van der Waals surface area contributed by atoms with E-state index < -0.39 is 0 Å². The largest absolute Gasteiger partial charge is 0.497 e. The number of fused-ring (bicyclic) bond motifs is 2. The van der Waals surface area contributed by atoms with Crippen molar-refractivity contribution in [2.24, 2.45) is 5.73 Å². The van der Waals surface area contributed by atoms with Gasteiger partial charge >= 0.3 is 0 Å². The Morgan fingerprint density at radius 2 is 1.81 bits per heavy atom. The lowest BCUT2D eigenvalue weighted by molar-refractivity contribution is 0.0841. The Balaban J connectivity index is 1.87. The predicted molar refractivity (Wildman–Crippen MR) is 83.8 cm³/mol. The summed E-state index contributed by atoms with van der Waals surface area (Å²) in [5.74, 6) is 1.75. The van der Waals surface area contributed by atoms with Crippen LogP contribution in [-0.2, 0) is 0 Å². The third kappa shape index (κ3) is 2.62. The van der Waals surface area contributed by atoms with Crippen LogP contribution in [0.1, 0.15) is 44.2 Å². The van der Waals surface area contributed by atoms with Gasteiger partial charge in [0.15, 0.2) is 0 Å². The molecule has 0 saturated carbocycles. The summed E-state index contributed by atoms with van der Waals surface area (Å²) >= 11 is 0. The van der Waals surface area contributed by atoms with Gasteiger partial charge in [-0.25, -0.2) is 0 Å². The quantitative estimate of drug-likeness (QED) is 0.926. The van der Waals surface area contributed by atoms with Crippen LogP contribution in [0.5, 0.6) is 11.5 Å². The van der Waals surface area contributed by atoms with Crippen LogP contribution in [0.4, 0.5) is 0 Å². The number of hydrogen-bond donors (Lipinski definition) is 1. The van der Waals surface area contributed by atoms with Gasteiger partial charge in [-0.2, -0.15) is 0 Å². The van der Waals surface area contributed by atoms with E-state index in [-0.39, 0.29) is 0 Å². The molecule has 116 valence electrons. The summed E-state index contributed by atoms with van der Waals surface area (Å²) in [6.45, 7) is 2.28. The number of methoxy groups -OCH3 is 2. The Kier molecular flexibility index (Phi) is 4.09. The van der Waals surface area contributed by atoms with E-state index in [9.17, 15) is 0 Å². The first-order valence-electron chi connectivity index (χ1n) is 7.89. The van der Waals surface area contributed by atoms with Gasteiger partial charge in [0, 0.05) is 35.8 Å². The first-order chi connectivity index (χ1) is 10.1. The number of nitrogens with zero attached hydrogens (tertiary/aromatic N) is 1. The molecule has 0 aliphatic carbocycles. The second kappa shape index (κ2) is 5.85. The molecule has 2 bridgehead atoms. The Bertz CT molecular complexity index is 492. The third-order valence-corrected chi connectivity index (χ3v) is 5.16. The summed E-state index contributed by atoms with van der Waals surface area (Å²) in [5, 5.41) is 0. The van der Waals surface area contributed by atoms with Crippen molar-refractivity contribution in [2.75, 3.05) is 14.2 Å². The fourth-order valence-corrected chi connectivity index (χ4v) is 4.21. The van der Waals surface area contributed by atoms with E-state index in [0.717, 1.165) is 24.3 Å². The van der Waals surface area contributed by atoms with Gasteiger partial charge in [0.1, 0.15) is 11.5 Å². The first kappa shape index (κ1) is 14.7. The lowest BCUT2D eigenvalue weighted by atomic mass is 9.94. The minimum atomic E-state index is 0.357. The van der Waals surface area contributed by atoms with E-state index in [2.05, 4.69) is 17.9 Å². The van der Waals surface area contributed by atoms with E-state index in [0.29, 0.717) is 24.2 Å². The molecule has 1 aromatic rings. The number of rotatable bonds is 4. The van der Waals surface area contributed by atoms with Gasteiger partial charge in [-0.05, 0) is 38.7 Å². The maximum Gasteiger partial charge on any atom is 0.127 e. The van der Waals surface area contributed by atoms with E-state index in [1.165, 1.54) is 18.4 Å². The van der Waals surface area contributed by atoms with Gasteiger partial charge in [-0.3, -0.25) is 4.90 Å². The fraction of sp³-hybridized carbons (Fsp3) is 0.647. The minimum absolute atomic E-state index is 0.357. The van der Waals surface area contributed by atoms with Crippen LogP contribution in [0.3, 0.4) is 0 Å². The monoisotopic (exact) mass is 290 g/mol. The van der Waals surface area contributed by atoms with Gasteiger partial charge in [0.05, 0.1) is 14.2 Å². The van der Waals surface area contributed by atoms with Gasteiger partial charge in [-0.1, -0.05) is 6.07 Å². The summed E-state index contributed by atoms with van der Waals surface area (Å²) in [6, 6.07) is 8.12. The maximum absolute atomic E-state index is 6.18. The summed E-state index contributed by atoms with van der Waals surface area (Å²) in [6.07, 6.45) is 4.81. The molecule has 4 heteroatoms. The van der Waals surface area contributed by atoms with Crippen LogP contribution in [-0.4, -0.2) is 37.2 Å². The first-order valence-corrected chi connectivity index (χ1v) is 7.89. The molecule has 2 aliphatic rings. The highest BCUT2D eigenvalue weighted by molar-refractivity contribution is 5.42. The zero-order valence-corrected chi connectivity index (χ0v) is 13.2. The number of ether oxygens (including phenoxy) is 2. The standard InChI is InChI=1S/C17H26N2O2/c1-11(16-7-6-15(20-2)10-17(16)21-3)19-13-4-5-14(19)9-12(18)8-13/h6-7,10-14H,4-5,8-9,18H2,1-3H3. The Morgan fingerprint density at radius 1 is 1.14 bits per heavy atom. The molecule has 3 unspecified atom stereocenters. The second-order valence-corrected chi connectivity index (χ2v) is 6.35. The van der Waals surface area contributed by atoms with E-state index in [1.54, 1.807) is 14.2 Å². The molecule has 4 nitrogen and oxygen atoms in total. The molecular weight excluding hydrogens is 264 g/mol. The molecule has 3 atom stereocenters. The Morgan fingerprint density at radius 3 is 2.38 bits per heavy atom. The van der Waals surface area contributed by atoms with E-state index in [4.69, 9.17) is 15.2 Å². The summed E-state index contributed by atoms with van der Waals surface area (Å²) in [7, 11) is 3.41. The highest BCUT2D eigenvalue weighted by atomic mass is 16.5. The van der Waals surface area contributed by atoms with Crippen molar-refractivity contribution in [3.05, 3.63) is 23.8 Å². The fourth-order valence-electron chi connectivity index (χ4n) is 4.21. The van der Waals surface area contributed by atoms with Crippen molar-refractivity contribution in [3.8, 4) is 11.5 Å². The summed E-state index contributed by atoms with van der Waals surface area (Å²) in [4.78, 5) is 2.66. The van der Waals surface area contributed by atoms with Gasteiger partial charge < -0.3 is 15.2 Å². The van der Waals surface area contributed by atoms with Crippen molar-refractivity contribution >= 4 is 0 Å². The van der Waals surface area contributed by atoms with Crippen molar-refractivity contribution < 1.29 is 9.47 Å². The highest BCUT2D eigenvalue weighted by Gasteiger charge is 2.42. The van der Waals surface area contributed by atoms with Gasteiger partial charge in [0.25, 0.3) is 0 Å². The Hall–Kier alpha value is -1.26. The molecule has 0 radical (unpaired) electrons. The summed E-state index contributed by atoms with van der Waals surface area (Å²) < 4.78 is 10.9. The molecule has 2 N–H and O–H groups in total. The van der Waals surface area contributed by atoms with Gasteiger partial charge in [0.2, 0.25) is 0 Å². The van der Waals surface area contributed by atoms with Crippen LogP contribution >= 0.6 is 0 Å². The molecule has 21 heavy (non-hydrogen) atoms. The number of benzene rings is 1. The molecular formula is C17H26N2O2. The smallest absolute Gasteiger partial charge is 0.127 e. The van der Waals surface area contributed by atoms with Crippen molar-refractivity contribution in [2.45, 2.75) is 56.8 Å². The Labute approximate surface area is 127 Å². The average Bonchev–Trinajstić information content (AvgIpc) is 2.77. The molecule has 0 amide bonds. The second-order valence-electron chi connectivity index (χ2n) is 6.35. The lowest BCUT2D eigenvalue weighted by Crippen LogP contribution is -2.48. The van der Waals surface area contributed by atoms with Crippen molar-refractivity contribution in [1.82, 2.24) is 4.90 Å². The van der Waals surface area contributed by atoms with Crippen molar-refractivity contribution in [1.29, 1.82) is 0 Å². The molecule has 0 aromatic heterocycles. The van der Waals surface area contributed by atoms with Crippen molar-refractivity contribution in [3.63, 3.8) is 0 Å². The average molecular weight is 290 g/mol. The normalized spacial score (nSPS) is 30.2. The molecule has 2 aliphatic heterocycles. The topological polar surface area (TPSA) is 47.7 Å². The zero-order chi connectivity index (χ0) is 15.0. The summed E-state index contributed by atoms with van der Waals surface area (Å²) in [5.41, 5.74) is 7.42. The molecule has 3 rings (SSSR count). The molecule has 0 spiro atoms. The molecule has 2 heterocycles. The van der Waals surface area contributed by atoms with Gasteiger partial charge in [-0.15, -0.1) is 0 Å². The molecule has 1 aromatic carbocycles. The van der Waals surface area contributed by atoms with Crippen LogP contribution < -0.4 is 15.2 Å². The van der Waals surface area contributed by atoms with Crippen LogP contribution in [0, 0.1) is 0 Å². The van der Waals surface area contributed by atoms with E-state index >= 15 is 0 Å². The maximum atomic E-state index is 6.18. The number of nitrogens with two attached hydrogens (primary N) is 1. The number of hydrogen-bond acceptors (Lipinski definition) is 4. The van der Waals surface area contributed by atoms with Crippen LogP contribution in [0.15, 0.2) is 18.2 Å². The molecule has 2 fully saturated rings. The minimum Gasteiger partial charge on any atom is -0.497 e. The number of piperidine rings is 1. The predicted octanol–water partition coefficient (Wildman–Crippen LogP) is 2.72. The third-order valence-electron chi connectivity index (χ3n) is 5.16. The highest BCUT2D eigenvalue weighted by Crippen LogP contribution is 2.43. The van der Waals surface area contributed by atoms with Crippen LogP contribution in [0.2, 0.25) is 0 Å². The lowest BCUT2D eigenvalue weighted by Gasteiger charge is -2.42. The van der Waals surface area contributed by atoms with E-state index in [1.807, 2.05) is 12.1 Å². The molecule has 2 saturated heterocycles. The van der Waals surface area contributed by atoms with Crippen LogP contribution in [0.25, 0.3) is 0 Å². The SMILES string of the molecule is COc1ccc(C(C)N2C3CCC2CC(N)C3)c(OC)c1. The zero-order valence-electron chi connectivity index (χ0n) is 13.2.